The van der Waals surface area contributed by atoms with E-state index >= 15 is 0 Å². The minimum atomic E-state index is -2.36. The van der Waals surface area contributed by atoms with Crippen molar-refractivity contribution in [3.8, 4) is 0 Å². The molecule has 0 fully saturated rings. The first-order valence-corrected chi connectivity index (χ1v) is 7.90. The van der Waals surface area contributed by atoms with Crippen LogP contribution >= 0.6 is 0 Å². The van der Waals surface area contributed by atoms with E-state index in [-0.39, 0.29) is 0 Å². The summed E-state index contributed by atoms with van der Waals surface area (Å²) in [5, 5.41) is 0. The Hall–Kier alpha value is -1.61. The molecule has 0 saturated carbocycles. The predicted molar refractivity (Wildman–Crippen MR) is 76.7 cm³/mol. The van der Waals surface area contributed by atoms with Gasteiger partial charge in [0.05, 0.1) is 15.4 Å². The van der Waals surface area contributed by atoms with Crippen molar-refractivity contribution in [1.82, 2.24) is 0 Å². The molecular formula is C15H17NOS. The molecule has 2 nitrogen and oxygen atoms in total. The number of hydrogen-bond acceptors (Lipinski definition) is 2. The van der Waals surface area contributed by atoms with Crippen LogP contribution in [0.1, 0.15) is 12.5 Å². The van der Waals surface area contributed by atoms with Gasteiger partial charge in [-0.25, -0.2) is 4.21 Å². The molecule has 0 bridgehead atoms. The van der Waals surface area contributed by atoms with Crippen LogP contribution in [0, 0.1) is 0 Å². The number of nitrogens with zero attached hydrogens (tertiary/aromatic N) is 1. The standard InChI is InChI=1S/C15H17NOS/c1-3-13-9-11-14(12-10-13)16-18(2,17)15-7-5-4-6-8-15/h4-12H,3H2,1-2H3. The summed E-state index contributed by atoms with van der Waals surface area (Å²) in [6.45, 7) is 2.11. The third kappa shape index (κ3) is 2.99. The lowest BCUT2D eigenvalue weighted by atomic mass is 10.2. The van der Waals surface area contributed by atoms with Gasteiger partial charge in [-0.15, -0.1) is 0 Å². The van der Waals surface area contributed by atoms with Crippen LogP contribution in [-0.2, 0) is 16.1 Å². The van der Waals surface area contributed by atoms with Crippen LogP contribution in [0.3, 0.4) is 0 Å². The maximum atomic E-state index is 12.5. The summed E-state index contributed by atoms with van der Waals surface area (Å²) < 4.78 is 16.9. The summed E-state index contributed by atoms with van der Waals surface area (Å²) in [6.07, 6.45) is 2.68. The van der Waals surface area contributed by atoms with E-state index in [0.29, 0.717) is 0 Å². The van der Waals surface area contributed by atoms with Gasteiger partial charge < -0.3 is 0 Å². The SMILES string of the molecule is CCc1ccc(N=S(C)(=O)c2ccccc2)cc1. The lowest BCUT2D eigenvalue weighted by Gasteiger charge is -2.04. The molecule has 0 spiro atoms. The van der Waals surface area contributed by atoms with Crippen LogP contribution in [-0.4, -0.2) is 10.5 Å². The van der Waals surface area contributed by atoms with E-state index in [0.717, 1.165) is 17.0 Å². The van der Waals surface area contributed by atoms with Crippen LogP contribution in [0.5, 0.6) is 0 Å². The Kier molecular flexibility index (Phi) is 3.82. The van der Waals surface area contributed by atoms with Gasteiger partial charge in [-0.3, -0.25) is 0 Å². The highest BCUT2D eigenvalue weighted by atomic mass is 32.2. The molecule has 94 valence electrons. The highest BCUT2D eigenvalue weighted by Gasteiger charge is 2.04. The molecule has 0 N–H and O–H groups in total. The first kappa shape index (κ1) is 12.8. The van der Waals surface area contributed by atoms with Crippen molar-refractivity contribution >= 4 is 15.4 Å². The maximum absolute atomic E-state index is 12.5. The highest BCUT2D eigenvalue weighted by Crippen LogP contribution is 2.19. The van der Waals surface area contributed by atoms with Gasteiger partial charge in [0.25, 0.3) is 0 Å². The Labute approximate surface area is 109 Å². The molecule has 2 rings (SSSR count). The van der Waals surface area contributed by atoms with Crippen molar-refractivity contribution in [3.05, 3.63) is 60.2 Å². The lowest BCUT2D eigenvalue weighted by molar-refractivity contribution is 0.681. The molecule has 3 heteroatoms. The number of benzene rings is 2. The van der Waals surface area contributed by atoms with Gasteiger partial charge in [0.1, 0.15) is 0 Å². The molecular weight excluding hydrogens is 242 g/mol. The van der Waals surface area contributed by atoms with Crippen molar-refractivity contribution in [2.75, 3.05) is 6.26 Å². The van der Waals surface area contributed by atoms with Gasteiger partial charge in [0.2, 0.25) is 0 Å². The van der Waals surface area contributed by atoms with Crippen LogP contribution in [0.15, 0.2) is 63.9 Å². The van der Waals surface area contributed by atoms with E-state index in [4.69, 9.17) is 0 Å². The maximum Gasteiger partial charge on any atom is 0.0771 e. The summed E-state index contributed by atoms with van der Waals surface area (Å²) in [5.74, 6) is 0. The Bertz CT molecular complexity index is 623. The Morgan fingerprint density at radius 1 is 1.00 bits per heavy atom. The average molecular weight is 259 g/mol. The summed E-state index contributed by atoms with van der Waals surface area (Å²) in [4.78, 5) is 0.768. The first-order valence-electron chi connectivity index (χ1n) is 5.98. The Morgan fingerprint density at radius 2 is 1.61 bits per heavy atom. The molecule has 0 aliphatic rings. The van der Waals surface area contributed by atoms with Crippen LogP contribution in [0.2, 0.25) is 0 Å². The zero-order valence-corrected chi connectivity index (χ0v) is 11.5. The van der Waals surface area contributed by atoms with Crippen LogP contribution in [0.25, 0.3) is 0 Å². The molecule has 0 radical (unpaired) electrons. The molecule has 2 aromatic carbocycles. The van der Waals surface area contributed by atoms with Gasteiger partial charge in [-0.2, -0.15) is 4.36 Å². The van der Waals surface area contributed by atoms with E-state index in [2.05, 4.69) is 11.3 Å². The largest absolute Gasteiger partial charge is 0.245 e. The minimum Gasteiger partial charge on any atom is -0.245 e. The van der Waals surface area contributed by atoms with Crippen molar-refractivity contribution in [3.63, 3.8) is 0 Å². The van der Waals surface area contributed by atoms with Crippen molar-refractivity contribution in [1.29, 1.82) is 0 Å². The molecule has 0 aliphatic heterocycles. The fraction of sp³-hybridized carbons (Fsp3) is 0.200. The number of aryl methyl sites for hydroxylation is 1. The lowest BCUT2D eigenvalue weighted by Crippen LogP contribution is -1.96. The molecule has 0 aromatic heterocycles. The van der Waals surface area contributed by atoms with Gasteiger partial charge in [0, 0.05) is 11.2 Å². The van der Waals surface area contributed by atoms with Gasteiger partial charge in [0.15, 0.2) is 0 Å². The van der Waals surface area contributed by atoms with Crippen molar-refractivity contribution in [2.24, 2.45) is 4.36 Å². The number of hydrogen-bond donors (Lipinski definition) is 0. The zero-order valence-electron chi connectivity index (χ0n) is 10.7. The van der Waals surface area contributed by atoms with Crippen LogP contribution < -0.4 is 0 Å². The molecule has 2 aromatic rings. The van der Waals surface area contributed by atoms with Gasteiger partial charge in [-0.05, 0) is 36.2 Å². The molecule has 1 unspecified atom stereocenters. The molecule has 0 saturated heterocycles. The smallest absolute Gasteiger partial charge is 0.0771 e. The Balaban J connectivity index is 2.40. The second kappa shape index (κ2) is 5.36. The minimum absolute atomic E-state index is 0.767. The van der Waals surface area contributed by atoms with E-state index in [9.17, 15) is 4.21 Å². The second-order valence-electron chi connectivity index (χ2n) is 4.23. The fourth-order valence-electron chi connectivity index (χ4n) is 1.72. The molecule has 18 heavy (non-hydrogen) atoms. The monoisotopic (exact) mass is 259 g/mol. The highest BCUT2D eigenvalue weighted by molar-refractivity contribution is 7.93. The van der Waals surface area contributed by atoms with Crippen molar-refractivity contribution in [2.45, 2.75) is 18.2 Å². The predicted octanol–water partition coefficient (Wildman–Crippen LogP) is 4.04. The molecule has 0 heterocycles. The Morgan fingerprint density at radius 3 is 2.17 bits per heavy atom. The quantitative estimate of drug-likeness (QED) is 0.818. The zero-order chi connectivity index (χ0) is 13.0. The third-order valence-electron chi connectivity index (χ3n) is 2.80. The van der Waals surface area contributed by atoms with E-state index in [1.807, 2.05) is 54.6 Å². The van der Waals surface area contributed by atoms with Crippen LogP contribution in [0.4, 0.5) is 5.69 Å². The summed E-state index contributed by atoms with van der Waals surface area (Å²) in [7, 11) is -2.36. The van der Waals surface area contributed by atoms with E-state index in [1.54, 1.807) is 6.26 Å². The molecule has 0 amide bonds. The van der Waals surface area contributed by atoms with Crippen molar-refractivity contribution < 1.29 is 4.21 Å². The van der Waals surface area contributed by atoms with E-state index < -0.39 is 9.73 Å². The van der Waals surface area contributed by atoms with Gasteiger partial charge in [-0.1, -0.05) is 37.3 Å². The molecule has 0 aliphatic carbocycles. The molecule has 1 atom stereocenters. The second-order valence-corrected chi connectivity index (χ2v) is 6.49. The average Bonchev–Trinajstić information content (AvgIpc) is 2.40. The number of rotatable bonds is 3. The first-order chi connectivity index (χ1) is 8.62. The normalized spacial score (nSPS) is 13.9. The summed E-state index contributed by atoms with van der Waals surface area (Å²) in [6, 6.07) is 17.3. The summed E-state index contributed by atoms with van der Waals surface area (Å²) >= 11 is 0. The topological polar surface area (TPSA) is 29.4 Å². The third-order valence-corrected chi connectivity index (χ3v) is 4.51. The summed E-state index contributed by atoms with van der Waals surface area (Å²) in [5.41, 5.74) is 2.03. The fourth-order valence-corrected chi connectivity index (χ4v) is 3.01. The van der Waals surface area contributed by atoms with E-state index in [1.165, 1.54) is 5.56 Å². The van der Waals surface area contributed by atoms with Gasteiger partial charge >= 0.3 is 0 Å².